The van der Waals surface area contributed by atoms with Crippen LogP contribution in [0.2, 0.25) is 0 Å². The summed E-state index contributed by atoms with van der Waals surface area (Å²) in [4.78, 5) is 30.4. The van der Waals surface area contributed by atoms with E-state index < -0.39 is 6.04 Å². The van der Waals surface area contributed by atoms with E-state index in [-0.39, 0.29) is 29.2 Å². The van der Waals surface area contributed by atoms with Crippen LogP contribution in [0.25, 0.3) is 11.8 Å². The lowest BCUT2D eigenvalue weighted by Gasteiger charge is -2.30. The first kappa shape index (κ1) is 17.2. The highest BCUT2D eigenvalue weighted by Crippen LogP contribution is 2.29. The molecule has 3 rings (SSSR count). The molecule has 0 saturated carbocycles. The standard InChI is InChI=1S/C19H23N3O3/c1-11(2)9-14-16-21-18-13(7-5-6-8-25-18)19(24)22(16)15(10-12(3)4)17(23)20-14/h5-9,11-12,15H,10H2,1-4H3,(H,20,23)/b14-9-/t15-/m0/s1. The second-order valence-corrected chi connectivity index (χ2v) is 7.09. The lowest BCUT2D eigenvalue weighted by molar-refractivity contribution is -0.124. The van der Waals surface area contributed by atoms with Crippen LogP contribution in [0.3, 0.4) is 0 Å². The molecule has 1 aromatic heterocycles. The summed E-state index contributed by atoms with van der Waals surface area (Å²) in [5, 5.41) is 2.92. The van der Waals surface area contributed by atoms with Crippen LogP contribution in [0.15, 0.2) is 29.3 Å². The maximum atomic E-state index is 13.1. The number of nitrogens with one attached hydrogen (secondary N) is 1. The molecule has 0 saturated heterocycles. The Morgan fingerprint density at radius 3 is 2.72 bits per heavy atom. The lowest BCUT2D eigenvalue weighted by atomic mass is 9.99. The number of carbonyl (C=O) groups is 1. The summed E-state index contributed by atoms with van der Waals surface area (Å²) in [6.07, 6.45) is 9.06. The number of amides is 1. The van der Waals surface area contributed by atoms with Crippen molar-refractivity contribution in [3.63, 3.8) is 0 Å². The Bertz CT molecular complexity index is 844. The maximum absolute atomic E-state index is 13.1. The summed E-state index contributed by atoms with van der Waals surface area (Å²) in [5.41, 5.74) is 0.664. The van der Waals surface area contributed by atoms with E-state index in [1.54, 1.807) is 18.2 Å². The molecule has 2 aliphatic heterocycles. The largest absolute Gasteiger partial charge is 0.446 e. The fourth-order valence-electron chi connectivity index (χ4n) is 3.04. The van der Waals surface area contributed by atoms with Crippen LogP contribution in [0.4, 0.5) is 0 Å². The molecular formula is C19H23N3O3. The smallest absolute Gasteiger partial charge is 0.265 e. The van der Waals surface area contributed by atoms with Gasteiger partial charge in [-0.1, -0.05) is 39.8 Å². The molecule has 0 bridgehead atoms. The topological polar surface area (TPSA) is 73.2 Å². The van der Waals surface area contributed by atoms with Crippen molar-refractivity contribution < 1.29 is 9.53 Å². The Morgan fingerprint density at radius 1 is 1.28 bits per heavy atom. The van der Waals surface area contributed by atoms with Gasteiger partial charge < -0.3 is 10.1 Å². The van der Waals surface area contributed by atoms with Crippen molar-refractivity contribution in [3.8, 4) is 5.88 Å². The number of aromatic nitrogens is 2. The van der Waals surface area contributed by atoms with Crippen molar-refractivity contribution in [2.45, 2.75) is 40.2 Å². The number of hydrogen-bond acceptors (Lipinski definition) is 4. The number of nitrogens with zero attached hydrogens (tertiary/aromatic N) is 2. The highest BCUT2D eigenvalue weighted by molar-refractivity contribution is 5.91. The Kier molecular flexibility index (Phi) is 4.61. The summed E-state index contributed by atoms with van der Waals surface area (Å²) in [6.45, 7) is 8.07. The summed E-state index contributed by atoms with van der Waals surface area (Å²) < 4.78 is 7.00. The fraction of sp³-hybridized carbons (Fsp3) is 0.421. The van der Waals surface area contributed by atoms with Crippen LogP contribution in [0.1, 0.15) is 51.5 Å². The van der Waals surface area contributed by atoms with Crippen LogP contribution in [0, 0.1) is 11.8 Å². The highest BCUT2D eigenvalue weighted by atomic mass is 16.5. The molecule has 6 heteroatoms. The Morgan fingerprint density at radius 2 is 2.04 bits per heavy atom. The van der Waals surface area contributed by atoms with Gasteiger partial charge in [-0.05, 0) is 30.4 Å². The third kappa shape index (κ3) is 3.29. The van der Waals surface area contributed by atoms with E-state index in [1.165, 1.54) is 10.8 Å². The minimum Gasteiger partial charge on any atom is -0.446 e. The van der Waals surface area contributed by atoms with Gasteiger partial charge in [-0.3, -0.25) is 14.2 Å². The van der Waals surface area contributed by atoms with Gasteiger partial charge in [-0.25, -0.2) is 0 Å². The Hall–Kier alpha value is -2.63. The molecule has 132 valence electrons. The van der Waals surface area contributed by atoms with Gasteiger partial charge in [0.2, 0.25) is 11.8 Å². The molecule has 2 aliphatic rings. The van der Waals surface area contributed by atoms with Crippen LogP contribution in [-0.4, -0.2) is 15.5 Å². The van der Waals surface area contributed by atoms with E-state index >= 15 is 0 Å². The van der Waals surface area contributed by atoms with Crippen LogP contribution >= 0.6 is 0 Å². The van der Waals surface area contributed by atoms with E-state index in [2.05, 4.69) is 10.3 Å². The second kappa shape index (κ2) is 6.70. The van der Waals surface area contributed by atoms with E-state index in [1.807, 2.05) is 33.8 Å². The fourth-order valence-corrected chi connectivity index (χ4v) is 3.04. The molecule has 0 radical (unpaired) electrons. The molecule has 0 aliphatic carbocycles. The zero-order chi connectivity index (χ0) is 18.1. The monoisotopic (exact) mass is 341 g/mol. The zero-order valence-electron chi connectivity index (χ0n) is 14.9. The number of rotatable bonds is 3. The number of carbonyl (C=O) groups excluding carboxylic acids is 1. The minimum atomic E-state index is -0.575. The molecular weight excluding hydrogens is 318 g/mol. The van der Waals surface area contributed by atoms with Gasteiger partial charge in [0.25, 0.3) is 5.56 Å². The molecule has 6 nitrogen and oxygen atoms in total. The van der Waals surface area contributed by atoms with Crippen molar-refractivity contribution in [2.75, 3.05) is 0 Å². The van der Waals surface area contributed by atoms with Crippen LogP contribution < -0.4 is 15.6 Å². The first-order chi connectivity index (χ1) is 11.9. The number of hydrogen-bond donors (Lipinski definition) is 1. The van der Waals surface area contributed by atoms with E-state index in [0.717, 1.165) is 0 Å². The highest BCUT2D eigenvalue weighted by Gasteiger charge is 2.34. The molecule has 0 fully saturated rings. The SMILES string of the molecule is CC(C)/C=C1\NC(=O)[C@H](CC(C)C)n2c1nc1c(c2=O)C=CC=CO1. The third-order valence-corrected chi connectivity index (χ3v) is 4.06. The third-order valence-electron chi connectivity index (χ3n) is 4.06. The van der Waals surface area contributed by atoms with Crippen molar-refractivity contribution >= 4 is 17.7 Å². The summed E-state index contributed by atoms with van der Waals surface area (Å²) in [5.74, 6) is 0.996. The van der Waals surface area contributed by atoms with Crippen molar-refractivity contribution in [2.24, 2.45) is 11.8 Å². The first-order valence-corrected chi connectivity index (χ1v) is 8.58. The van der Waals surface area contributed by atoms with Crippen molar-refractivity contribution in [3.05, 3.63) is 46.2 Å². The number of allylic oxidation sites excluding steroid dienone is 3. The predicted octanol–water partition coefficient (Wildman–Crippen LogP) is 2.88. The van der Waals surface area contributed by atoms with E-state index in [9.17, 15) is 9.59 Å². The first-order valence-electron chi connectivity index (χ1n) is 8.58. The summed E-state index contributed by atoms with van der Waals surface area (Å²) in [7, 11) is 0. The zero-order valence-corrected chi connectivity index (χ0v) is 14.9. The Labute approximate surface area is 146 Å². The van der Waals surface area contributed by atoms with Gasteiger partial charge in [0.05, 0.1) is 12.0 Å². The molecule has 1 N–H and O–H groups in total. The summed E-state index contributed by atoms with van der Waals surface area (Å²) >= 11 is 0. The van der Waals surface area contributed by atoms with E-state index in [0.29, 0.717) is 23.5 Å². The van der Waals surface area contributed by atoms with Gasteiger partial charge >= 0.3 is 0 Å². The molecule has 1 atom stereocenters. The maximum Gasteiger partial charge on any atom is 0.265 e. The molecule has 1 aromatic rings. The quantitative estimate of drug-likeness (QED) is 0.917. The second-order valence-electron chi connectivity index (χ2n) is 7.09. The van der Waals surface area contributed by atoms with Crippen LogP contribution in [-0.2, 0) is 4.79 Å². The average Bonchev–Trinajstić information content (AvgIpc) is 2.76. The molecule has 0 aromatic carbocycles. The molecule has 25 heavy (non-hydrogen) atoms. The number of fused-ring (bicyclic) bond motifs is 2. The molecule has 1 amide bonds. The van der Waals surface area contributed by atoms with Crippen molar-refractivity contribution in [1.29, 1.82) is 0 Å². The predicted molar refractivity (Wildman–Crippen MR) is 96.7 cm³/mol. The van der Waals surface area contributed by atoms with Crippen molar-refractivity contribution in [1.82, 2.24) is 14.9 Å². The molecule has 0 spiro atoms. The minimum absolute atomic E-state index is 0.173. The summed E-state index contributed by atoms with van der Waals surface area (Å²) in [6, 6.07) is -0.575. The Balaban J connectivity index is 2.27. The van der Waals surface area contributed by atoms with Gasteiger partial charge in [0.1, 0.15) is 11.6 Å². The van der Waals surface area contributed by atoms with E-state index in [4.69, 9.17) is 4.74 Å². The molecule has 3 heterocycles. The van der Waals surface area contributed by atoms with Gasteiger partial charge in [0, 0.05) is 0 Å². The average molecular weight is 341 g/mol. The normalized spacial score (nSPS) is 20.3. The van der Waals surface area contributed by atoms with Gasteiger partial charge in [-0.2, -0.15) is 4.98 Å². The number of ether oxygens (including phenoxy) is 1. The lowest BCUT2D eigenvalue weighted by Crippen LogP contribution is -2.45. The van der Waals surface area contributed by atoms with Crippen LogP contribution in [0.5, 0.6) is 5.88 Å². The van der Waals surface area contributed by atoms with Gasteiger partial charge in [-0.15, -0.1) is 0 Å². The molecule has 0 unspecified atom stereocenters. The van der Waals surface area contributed by atoms with Gasteiger partial charge in [0.15, 0.2) is 5.82 Å².